The number of benzene rings is 1. The molecule has 0 radical (unpaired) electrons. The zero-order chi connectivity index (χ0) is 12.1. The zero-order valence-corrected chi connectivity index (χ0v) is 9.38. The number of nitrogens with two attached hydrogens (primary N) is 1. The maximum atomic E-state index is 13.1. The normalized spacial score (nSPS) is 10.7. The summed E-state index contributed by atoms with van der Waals surface area (Å²) in [6.07, 6.45) is 3.42. The molecular formula is C12H15FN2O. The first-order valence-corrected chi connectivity index (χ1v) is 4.97. The molecule has 4 heteroatoms. The van der Waals surface area contributed by atoms with Crippen molar-refractivity contribution in [2.24, 2.45) is 0 Å². The molecular weight excluding hydrogens is 207 g/mol. The summed E-state index contributed by atoms with van der Waals surface area (Å²) in [5, 5.41) is 2.60. The van der Waals surface area contributed by atoms with Crippen LogP contribution in [-0.4, -0.2) is 12.5 Å². The van der Waals surface area contributed by atoms with Crippen LogP contribution in [0, 0.1) is 12.7 Å². The van der Waals surface area contributed by atoms with E-state index in [0.717, 1.165) is 0 Å². The molecule has 0 bridgehead atoms. The van der Waals surface area contributed by atoms with Crippen molar-refractivity contribution in [3.8, 4) is 0 Å². The van der Waals surface area contributed by atoms with Crippen LogP contribution in [0.1, 0.15) is 18.1 Å². The van der Waals surface area contributed by atoms with Crippen molar-refractivity contribution in [3.63, 3.8) is 0 Å². The lowest BCUT2D eigenvalue weighted by Crippen LogP contribution is -2.19. The lowest BCUT2D eigenvalue weighted by atomic mass is 10.1. The molecule has 1 aromatic rings. The second-order valence-corrected chi connectivity index (χ2v) is 3.57. The van der Waals surface area contributed by atoms with Gasteiger partial charge in [-0.2, -0.15) is 0 Å². The third-order valence-electron chi connectivity index (χ3n) is 2.15. The molecule has 1 rings (SSSR count). The SMILES string of the molecule is CC(=O)NCC=Cc1cc(F)cc(C)c1N. The van der Waals surface area contributed by atoms with E-state index in [1.165, 1.54) is 19.1 Å². The number of rotatable bonds is 3. The molecule has 0 saturated carbocycles. The summed E-state index contributed by atoms with van der Waals surface area (Å²) >= 11 is 0. The molecule has 0 atom stereocenters. The Labute approximate surface area is 94.1 Å². The lowest BCUT2D eigenvalue weighted by molar-refractivity contribution is -0.118. The van der Waals surface area contributed by atoms with Crippen LogP contribution in [0.5, 0.6) is 0 Å². The first-order chi connectivity index (χ1) is 7.50. The molecule has 0 spiro atoms. The predicted molar refractivity (Wildman–Crippen MR) is 63.3 cm³/mol. The number of halogens is 1. The quantitative estimate of drug-likeness (QED) is 0.767. The van der Waals surface area contributed by atoms with Gasteiger partial charge in [0.15, 0.2) is 0 Å². The Kier molecular flexibility index (Phi) is 4.05. The first-order valence-electron chi connectivity index (χ1n) is 4.97. The van der Waals surface area contributed by atoms with E-state index in [0.29, 0.717) is 23.4 Å². The summed E-state index contributed by atoms with van der Waals surface area (Å²) in [5.74, 6) is -0.418. The Morgan fingerprint density at radius 2 is 2.25 bits per heavy atom. The van der Waals surface area contributed by atoms with Crippen LogP contribution in [0.2, 0.25) is 0 Å². The molecule has 1 aromatic carbocycles. The van der Waals surface area contributed by atoms with E-state index in [9.17, 15) is 9.18 Å². The highest BCUT2D eigenvalue weighted by Gasteiger charge is 2.01. The summed E-state index contributed by atoms with van der Waals surface area (Å²) in [4.78, 5) is 10.6. The molecule has 86 valence electrons. The monoisotopic (exact) mass is 222 g/mol. The molecule has 0 aromatic heterocycles. The number of amides is 1. The second-order valence-electron chi connectivity index (χ2n) is 3.57. The van der Waals surface area contributed by atoms with Gasteiger partial charge in [0.2, 0.25) is 5.91 Å². The fourth-order valence-electron chi connectivity index (χ4n) is 1.31. The van der Waals surface area contributed by atoms with Crippen molar-refractivity contribution < 1.29 is 9.18 Å². The second kappa shape index (κ2) is 5.30. The Balaban J connectivity index is 2.77. The van der Waals surface area contributed by atoms with Crippen LogP contribution >= 0.6 is 0 Å². The Hall–Kier alpha value is -1.84. The van der Waals surface area contributed by atoms with Crippen molar-refractivity contribution in [1.29, 1.82) is 0 Å². The molecule has 0 heterocycles. The zero-order valence-electron chi connectivity index (χ0n) is 9.38. The van der Waals surface area contributed by atoms with Gasteiger partial charge in [-0.25, -0.2) is 4.39 Å². The van der Waals surface area contributed by atoms with Gasteiger partial charge in [0, 0.05) is 24.7 Å². The largest absolute Gasteiger partial charge is 0.398 e. The minimum absolute atomic E-state index is 0.104. The number of nitrogens with one attached hydrogen (secondary N) is 1. The van der Waals surface area contributed by atoms with Crippen LogP contribution in [0.3, 0.4) is 0 Å². The number of aryl methyl sites for hydroxylation is 1. The van der Waals surface area contributed by atoms with Crippen LogP contribution in [0.25, 0.3) is 6.08 Å². The highest BCUT2D eigenvalue weighted by Crippen LogP contribution is 2.19. The summed E-state index contributed by atoms with van der Waals surface area (Å²) in [6.45, 7) is 3.60. The molecule has 3 nitrogen and oxygen atoms in total. The molecule has 0 unspecified atom stereocenters. The number of carbonyl (C=O) groups excluding carboxylic acids is 1. The number of nitrogen functional groups attached to an aromatic ring is 1. The van der Waals surface area contributed by atoms with Gasteiger partial charge in [-0.3, -0.25) is 4.79 Å². The molecule has 0 saturated heterocycles. The van der Waals surface area contributed by atoms with E-state index in [2.05, 4.69) is 5.32 Å². The number of hydrogen-bond donors (Lipinski definition) is 2. The Bertz CT molecular complexity index is 427. The molecule has 16 heavy (non-hydrogen) atoms. The smallest absolute Gasteiger partial charge is 0.217 e. The molecule has 0 aliphatic carbocycles. The van der Waals surface area contributed by atoms with Crippen LogP contribution in [-0.2, 0) is 4.79 Å². The van der Waals surface area contributed by atoms with Gasteiger partial charge >= 0.3 is 0 Å². The maximum absolute atomic E-state index is 13.1. The van der Waals surface area contributed by atoms with Crippen molar-refractivity contribution in [2.75, 3.05) is 12.3 Å². The number of carbonyl (C=O) groups is 1. The summed E-state index contributed by atoms with van der Waals surface area (Å²) in [6, 6.07) is 2.76. The van der Waals surface area contributed by atoms with Gasteiger partial charge in [-0.15, -0.1) is 0 Å². The highest BCUT2D eigenvalue weighted by molar-refractivity contribution is 5.73. The highest BCUT2D eigenvalue weighted by atomic mass is 19.1. The molecule has 0 aliphatic rings. The standard InChI is InChI=1S/C12H15FN2O/c1-8-6-11(13)7-10(12(8)14)4-3-5-15-9(2)16/h3-4,6-7H,5,14H2,1-2H3,(H,15,16). The lowest BCUT2D eigenvalue weighted by Gasteiger charge is -2.04. The minimum atomic E-state index is -0.314. The van der Waals surface area contributed by atoms with Crippen LogP contribution in [0.15, 0.2) is 18.2 Å². The molecule has 1 amide bonds. The maximum Gasteiger partial charge on any atom is 0.217 e. The third-order valence-corrected chi connectivity index (χ3v) is 2.15. The molecule has 3 N–H and O–H groups in total. The van der Waals surface area contributed by atoms with E-state index < -0.39 is 0 Å². The van der Waals surface area contributed by atoms with Crippen LogP contribution in [0.4, 0.5) is 10.1 Å². The van der Waals surface area contributed by atoms with E-state index in [1.807, 2.05) is 0 Å². The fourth-order valence-corrected chi connectivity index (χ4v) is 1.31. The van der Waals surface area contributed by atoms with Crippen molar-refractivity contribution in [1.82, 2.24) is 5.32 Å². The number of anilines is 1. The third kappa shape index (κ3) is 3.38. The van der Waals surface area contributed by atoms with Gasteiger partial charge in [0.05, 0.1) is 0 Å². The van der Waals surface area contributed by atoms with Gasteiger partial charge in [-0.1, -0.05) is 12.2 Å². The summed E-state index contributed by atoms with van der Waals surface area (Å²) in [7, 11) is 0. The molecule has 0 fully saturated rings. The summed E-state index contributed by atoms with van der Waals surface area (Å²) in [5.41, 5.74) is 7.68. The van der Waals surface area contributed by atoms with Crippen molar-refractivity contribution in [3.05, 3.63) is 35.2 Å². The van der Waals surface area contributed by atoms with Crippen LogP contribution < -0.4 is 11.1 Å². The first kappa shape index (κ1) is 12.2. The molecule has 0 aliphatic heterocycles. The summed E-state index contributed by atoms with van der Waals surface area (Å²) < 4.78 is 13.1. The minimum Gasteiger partial charge on any atom is -0.398 e. The van der Waals surface area contributed by atoms with Gasteiger partial charge < -0.3 is 11.1 Å². The van der Waals surface area contributed by atoms with Crippen molar-refractivity contribution >= 4 is 17.7 Å². The van der Waals surface area contributed by atoms with Gasteiger partial charge in [0.1, 0.15) is 5.82 Å². The van der Waals surface area contributed by atoms with E-state index in [1.54, 1.807) is 19.1 Å². The topological polar surface area (TPSA) is 55.1 Å². The van der Waals surface area contributed by atoms with E-state index in [-0.39, 0.29) is 11.7 Å². The predicted octanol–water partition coefficient (Wildman–Crippen LogP) is 1.87. The van der Waals surface area contributed by atoms with E-state index >= 15 is 0 Å². The number of hydrogen-bond acceptors (Lipinski definition) is 2. The fraction of sp³-hybridized carbons (Fsp3) is 0.250. The van der Waals surface area contributed by atoms with Gasteiger partial charge in [0.25, 0.3) is 0 Å². The Morgan fingerprint density at radius 1 is 1.56 bits per heavy atom. The Morgan fingerprint density at radius 3 is 2.88 bits per heavy atom. The average molecular weight is 222 g/mol. The van der Waals surface area contributed by atoms with Gasteiger partial charge in [-0.05, 0) is 24.6 Å². The van der Waals surface area contributed by atoms with E-state index in [4.69, 9.17) is 5.73 Å². The average Bonchev–Trinajstić information content (AvgIpc) is 2.19. The van der Waals surface area contributed by atoms with Crippen molar-refractivity contribution in [2.45, 2.75) is 13.8 Å².